The van der Waals surface area contributed by atoms with Crippen molar-refractivity contribution < 1.29 is 4.79 Å². The minimum atomic E-state index is -0.308. The van der Waals surface area contributed by atoms with Crippen LogP contribution in [0.1, 0.15) is 31.9 Å². The molecule has 1 amide bonds. The van der Waals surface area contributed by atoms with E-state index in [1.165, 1.54) is 11.1 Å². The van der Waals surface area contributed by atoms with Crippen molar-refractivity contribution in [2.45, 2.75) is 34.2 Å². The van der Waals surface area contributed by atoms with Gasteiger partial charge in [-0.1, -0.05) is 45.0 Å². The first-order valence-electron chi connectivity index (χ1n) is 5.62. The van der Waals surface area contributed by atoms with Crippen LogP contribution in [0.5, 0.6) is 0 Å². The quantitative estimate of drug-likeness (QED) is 0.748. The molecule has 0 heterocycles. The third-order valence-electron chi connectivity index (χ3n) is 2.66. The van der Waals surface area contributed by atoms with Gasteiger partial charge < -0.3 is 4.90 Å². The van der Waals surface area contributed by atoms with Gasteiger partial charge in [0.05, 0.1) is 0 Å². The van der Waals surface area contributed by atoms with E-state index in [4.69, 9.17) is 0 Å². The van der Waals surface area contributed by atoms with Gasteiger partial charge in [0.25, 0.3) is 0 Å². The molecule has 2 heteroatoms. The smallest absolute Gasteiger partial charge is 0.227 e. The van der Waals surface area contributed by atoms with Crippen molar-refractivity contribution in [1.29, 1.82) is 0 Å². The average molecular weight is 219 g/mol. The molecule has 0 spiro atoms. The molecule has 0 radical (unpaired) electrons. The maximum Gasteiger partial charge on any atom is 0.227 e. The lowest BCUT2D eigenvalue weighted by Gasteiger charge is -2.26. The number of amides is 1. The third kappa shape index (κ3) is 3.09. The third-order valence-corrected chi connectivity index (χ3v) is 2.66. The molecule has 1 aromatic carbocycles. The monoisotopic (exact) mass is 219 g/mol. The van der Waals surface area contributed by atoms with E-state index in [1.807, 2.05) is 40.0 Å². The van der Waals surface area contributed by atoms with Crippen molar-refractivity contribution in [3.8, 4) is 0 Å². The Labute approximate surface area is 98.3 Å². The zero-order valence-corrected chi connectivity index (χ0v) is 10.9. The van der Waals surface area contributed by atoms with Crippen LogP contribution >= 0.6 is 0 Å². The van der Waals surface area contributed by atoms with E-state index in [0.29, 0.717) is 6.54 Å². The maximum atomic E-state index is 12.0. The summed E-state index contributed by atoms with van der Waals surface area (Å²) in [4.78, 5) is 13.8. The highest BCUT2D eigenvalue weighted by molar-refractivity contribution is 5.81. The van der Waals surface area contributed by atoms with Crippen LogP contribution < -0.4 is 0 Å². The van der Waals surface area contributed by atoms with Gasteiger partial charge in [0.1, 0.15) is 0 Å². The Bertz CT molecular complexity index is 377. The van der Waals surface area contributed by atoms with E-state index in [1.54, 1.807) is 4.90 Å². The van der Waals surface area contributed by atoms with Gasteiger partial charge in [0.15, 0.2) is 0 Å². The van der Waals surface area contributed by atoms with E-state index in [9.17, 15) is 4.79 Å². The molecule has 0 N–H and O–H groups in total. The summed E-state index contributed by atoms with van der Waals surface area (Å²) in [5.41, 5.74) is 2.14. The summed E-state index contributed by atoms with van der Waals surface area (Å²) < 4.78 is 0. The van der Waals surface area contributed by atoms with Crippen LogP contribution in [0.2, 0.25) is 0 Å². The summed E-state index contributed by atoms with van der Waals surface area (Å²) in [7, 11) is 1.86. The average Bonchev–Trinajstić information content (AvgIpc) is 2.19. The molecule has 1 aromatic rings. The fourth-order valence-electron chi connectivity index (χ4n) is 1.69. The van der Waals surface area contributed by atoms with E-state index in [0.717, 1.165) is 0 Å². The number of nitrogens with zero attached hydrogens (tertiary/aromatic N) is 1. The summed E-state index contributed by atoms with van der Waals surface area (Å²) in [6.07, 6.45) is 0. The predicted molar refractivity (Wildman–Crippen MR) is 67.1 cm³/mol. The first kappa shape index (κ1) is 12.8. The highest BCUT2D eigenvalue weighted by Crippen LogP contribution is 2.18. The molecule has 2 nitrogen and oxygen atoms in total. The van der Waals surface area contributed by atoms with Crippen molar-refractivity contribution in [2.75, 3.05) is 7.05 Å². The fraction of sp³-hybridized carbons (Fsp3) is 0.500. The normalized spacial score (nSPS) is 11.3. The van der Waals surface area contributed by atoms with Crippen LogP contribution in [0.4, 0.5) is 0 Å². The second kappa shape index (κ2) is 4.69. The lowest BCUT2D eigenvalue weighted by atomic mass is 9.94. The van der Waals surface area contributed by atoms with Crippen molar-refractivity contribution >= 4 is 5.91 Å². The van der Waals surface area contributed by atoms with Crippen LogP contribution in [0, 0.1) is 12.3 Å². The zero-order valence-electron chi connectivity index (χ0n) is 10.9. The van der Waals surface area contributed by atoms with Crippen LogP contribution in [0.25, 0.3) is 0 Å². The zero-order chi connectivity index (χ0) is 12.3. The van der Waals surface area contributed by atoms with Gasteiger partial charge in [-0.3, -0.25) is 4.79 Å². The highest BCUT2D eigenvalue weighted by atomic mass is 16.2. The fourth-order valence-corrected chi connectivity index (χ4v) is 1.69. The Balaban J connectivity index is 2.76. The van der Waals surface area contributed by atoms with Crippen molar-refractivity contribution in [3.05, 3.63) is 35.4 Å². The number of carbonyl (C=O) groups is 1. The summed E-state index contributed by atoms with van der Waals surface area (Å²) in [5.74, 6) is 0.177. The molecule has 0 saturated heterocycles. The summed E-state index contributed by atoms with van der Waals surface area (Å²) in [6, 6.07) is 8.18. The Morgan fingerprint density at radius 2 is 1.81 bits per heavy atom. The van der Waals surface area contributed by atoms with Gasteiger partial charge in [0, 0.05) is 19.0 Å². The van der Waals surface area contributed by atoms with Gasteiger partial charge in [-0.05, 0) is 18.1 Å². The van der Waals surface area contributed by atoms with Gasteiger partial charge in [-0.2, -0.15) is 0 Å². The molecule has 0 aliphatic rings. The maximum absolute atomic E-state index is 12.0. The number of carbonyl (C=O) groups excluding carboxylic acids is 1. The number of benzene rings is 1. The molecule has 0 saturated carbocycles. The molecule has 0 fully saturated rings. The minimum absolute atomic E-state index is 0.177. The lowest BCUT2D eigenvalue weighted by Crippen LogP contribution is -2.36. The first-order valence-corrected chi connectivity index (χ1v) is 5.62. The molecule has 0 unspecified atom stereocenters. The van der Waals surface area contributed by atoms with Crippen molar-refractivity contribution in [2.24, 2.45) is 5.41 Å². The minimum Gasteiger partial charge on any atom is -0.341 e. The van der Waals surface area contributed by atoms with Gasteiger partial charge in [-0.15, -0.1) is 0 Å². The van der Waals surface area contributed by atoms with Crippen LogP contribution in [-0.4, -0.2) is 17.9 Å². The second-order valence-corrected chi connectivity index (χ2v) is 5.34. The molecule has 0 aliphatic heterocycles. The Morgan fingerprint density at radius 1 is 1.25 bits per heavy atom. The van der Waals surface area contributed by atoms with Gasteiger partial charge >= 0.3 is 0 Å². The van der Waals surface area contributed by atoms with E-state index in [2.05, 4.69) is 19.1 Å². The molecule has 0 bridgehead atoms. The Morgan fingerprint density at radius 3 is 2.31 bits per heavy atom. The summed E-state index contributed by atoms with van der Waals surface area (Å²) >= 11 is 0. The topological polar surface area (TPSA) is 20.3 Å². The first-order chi connectivity index (χ1) is 7.32. The summed E-state index contributed by atoms with van der Waals surface area (Å²) in [5, 5.41) is 0. The number of rotatable bonds is 2. The van der Waals surface area contributed by atoms with Crippen LogP contribution in [0.3, 0.4) is 0 Å². The van der Waals surface area contributed by atoms with Crippen LogP contribution in [0.15, 0.2) is 24.3 Å². The largest absolute Gasteiger partial charge is 0.341 e. The molecular weight excluding hydrogens is 198 g/mol. The van der Waals surface area contributed by atoms with Gasteiger partial charge in [0.2, 0.25) is 5.91 Å². The molecule has 0 aromatic heterocycles. The lowest BCUT2D eigenvalue weighted by molar-refractivity contribution is -0.138. The van der Waals surface area contributed by atoms with Crippen LogP contribution in [-0.2, 0) is 11.3 Å². The molecule has 88 valence electrons. The van der Waals surface area contributed by atoms with Gasteiger partial charge in [-0.25, -0.2) is 0 Å². The summed E-state index contributed by atoms with van der Waals surface area (Å²) in [6.45, 7) is 8.60. The van der Waals surface area contributed by atoms with E-state index in [-0.39, 0.29) is 11.3 Å². The molecule has 1 rings (SSSR count). The van der Waals surface area contributed by atoms with Crippen molar-refractivity contribution in [3.63, 3.8) is 0 Å². The van der Waals surface area contributed by atoms with Crippen molar-refractivity contribution in [1.82, 2.24) is 4.90 Å². The number of hydrogen-bond acceptors (Lipinski definition) is 1. The standard InChI is InChI=1S/C14H21NO/c1-11-8-6-7-9-12(11)10-15(5)13(16)14(2,3)4/h6-9H,10H2,1-5H3. The second-order valence-electron chi connectivity index (χ2n) is 5.34. The molecular formula is C14H21NO. The molecule has 0 aliphatic carbocycles. The number of aryl methyl sites for hydroxylation is 1. The molecule has 0 atom stereocenters. The SMILES string of the molecule is Cc1ccccc1CN(C)C(=O)C(C)(C)C. The Kier molecular flexibility index (Phi) is 3.74. The Hall–Kier alpha value is -1.31. The molecule has 16 heavy (non-hydrogen) atoms. The predicted octanol–water partition coefficient (Wildman–Crippen LogP) is 3.00. The number of hydrogen-bond donors (Lipinski definition) is 0. The highest BCUT2D eigenvalue weighted by Gasteiger charge is 2.24. The van der Waals surface area contributed by atoms with E-state index >= 15 is 0 Å². The van der Waals surface area contributed by atoms with E-state index < -0.39 is 0 Å².